The largest absolute Gasteiger partial charge is 0.399 e. The molecule has 102 valence electrons. The average molecular weight is 263 g/mol. The molecule has 1 unspecified atom stereocenters. The Hall–Kier alpha value is -2.08. The maximum atomic E-state index is 11.8. The van der Waals surface area contributed by atoms with Gasteiger partial charge in [-0.2, -0.15) is 0 Å². The number of amides is 2. The smallest absolute Gasteiger partial charge is 0.251 e. The van der Waals surface area contributed by atoms with Gasteiger partial charge >= 0.3 is 0 Å². The van der Waals surface area contributed by atoms with Crippen LogP contribution in [0.1, 0.15) is 16.8 Å². The highest BCUT2D eigenvalue weighted by atomic mass is 16.3. The van der Waals surface area contributed by atoms with Crippen LogP contribution in [-0.4, -0.2) is 47.6 Å². The van der Waals surface area contributed by atoms with Crippen molar-refractivity contribution in [1.29, 1.82) is 0 Å². The second-order valence-corrected chi connectivity index (χ2v) is 4.59. The van der Waals surface area contributed by atoms with Gasteiger partial charge in [0, 0.05) is 24.3 Å². The van der Waals surface area contributed by atoms with Gasteiger partial charge in [0.25, 0.3) is 5.91 Å². The van der Waals surface area contributed by atoms with Crippen molar-refractivity contribution in [2.45, 2.75) is 12.5 Å². The molecule has 1 aliphatic rings. The number of aliphatic hydroxyl groups excluding tert-OH is 1. The zero-order valence-electron chi connectivity index (χ0n) is 10.5. The summed E-state index contributed by atoms with van der Waals surface area (Å²) in [6.07, 6.45) is 0.147. The van der Waals surface area contributed by atoms with Crippen LogP contribution in [-0.2, 0) is 4.79 Å². The van der Waals surface area contributed by atoms with Crippen molar-refractivity contribution in [3.63, 3.8) is 0 Å². The third-order valence-electron chi connectivity index (χ3n) is 3.09. The second kappa shape index (κ2) is 5.71. The number of nitrogens with two attached hydrogens (primary N) is 1. The second-order valence-electron chi connectivity index (χ2n) is 4.59. The van der Waals surface area contributed by atoms with Gasteiger partial charge in [-0.25, -0.2) is 0 Å². The van der Waals surface area contributed by atoms with Gasteiger partial charge in [0.05, 0.1) is 12.6 Å². The molecule has 1 saturated heterocycles. The molecule has 0 aliphatic carbocycles. The van der Waals surface area contributed by atoms with Crippen LogP contribution in [0.5, 0.6) is 0 Å². The Labute approximate surface area is 111 Å². The summed E-state index contributed by atoms with van der Waals surface area (Å²) in [6.45, 7) is 0.824. The van der Waals surface area contributed by atoms with Crippen molar-refractivity contribution in [3.05, 3.63) is 29.8 Å². The number of nitrogens with zero attached hydrogens (tertiary/aromatic N) is 1. The fourth-order valence-electron chi connectivity index (χ4n) is 1.97. The first kappa shape index (κ1) is 13.4. The molecule has 1 aromatic rings. The summed E-state index contributed by atoms with van der Waals surface area (Å²) in [7, 11) is 0. The first-order valence-corrected chi connectivity index (χ1v) is 6.16. The Bertz CT molecular complexity index is 473. The number of hydrogen-bond donors (Lipinski definition) is 3. The number of β-amino-alcohol motifs (C(OH)–C–C–N with tert-alkyl or cyclic N) is 1. The van der Waals surface area contributed by atoms with Gasteiger partial charge in [-0.15, -0.1) is 0 Å². The summed E-state index contributed by atoms with van der Waals surface area (Å²) >= 11 is 0. The Morgan fingerprint density at radius 3 is 2.63 bits per heavy atom. The summed E-state index contributed by atoms with van der Waals surface area (Å²) < 4.78 is 0. The SMILES string of the molecule is Nc1ccc(C(=O)NCC(=O)N2CCC(O)C2)cc1. The van der Waals surface area contributed by atoms with Crippen LogP contribution >= 0.6 is 0 Å². The van der Waals surface area contributed by atoms with E-state index in [1.165, 1.54) is 0 Å². The van der Waals surface area contributed by atoms with Gasteiger partial charge in [-0.3, -0.25) is 9.59 Å². The number of aliphatic hydroxyl groups is 1. The van der Waals surface area contributed by atoms with Gasteiger partial charge < -0.3 is 21.1 Å². The monoisotopic (exact) mass is 263 g/mol. The molecule has 1 fully saturated rings. The summed E-state index contributed by atoms with van der Waals surface area (Å²) in [4.78, 5) is 25.1. The molecule has 19 heavy (non-hydrogen) atoms. The molecular formula is C13H17N3O3. The summed E-state index contributed by atoms with van der Waals surface area (Å²) in [5, 5.41) is 11.9. The van der Waals surface area contributed by atoms with Crippen LogP contribution in [0.3, 0.4) is 0 Å². The number of nitrogens with one attached hydrogen (secondary N) is 1. The first-order chi connectivity index (χ1) is 9.06. The Kier molecular flexibility index (Phi) is 4.01. The number of anilines is 1. The van der Waals surface area contributed by atoms with E-state index in [1.54, 1.807) is 29.2 Å². The van der Waals surface area contributed by atoms with Crippen LogP contribution in [0.4, 0.5) is 5.69 Å². The number of benzene rings is 1. The zero-order chi connectivity index (χ0) is 13.8. The van der Waals surface area contributed by atoms with Crippen molar-refractivity contribution in [2.75, 3.05) is 25.4 Å². The number of carbonyl (C=O) groups is 2. The van der Waals surface area contributed by atoms with E-state index in [2.05, 4.69) is 5.32 Å². The fourth-order valence-corrected chi connectivity index (χ4v) is 1.97. The number of likely N-dealkylation sites (tertiary alicyclic amines) is 1. The number of rotatable bonds is 3. The minimum atomic E-state index is -0.447. The molecule has 6 heteroatoms. The Morgan fingerprint density at radius 1 is 1.37 bits per heavy atom. The fraction of sp³-hybridized carbons (Fsp3) is 0.385. The Balaban J connectivity index is 1.83. The van der Waals surface area contributed by atoms with Crippen molar-refractivity contribution in [3.8, 4) is 0 Å². The Morgan fingerprint density at radius 2 is 2.05 bits per heavy atom. The molecule has 0 radical (unpaired) electrons. The number of hydrogen-bond acceptors (Lipinski definition) is 4. The van der Waals surface area contributed by atoms with Crippen molar-refractivity contribution < 1.29 is 14.7 Å². The van der Waals surface area contributed by atoms with Gasteiger partial charge in [0.2, 0.25) is 5.91 Å². The van der Waals surface area contributed by atoms with E-state index in [0.717, 1.165) is 0 Å². The lowest BCUT2D eigenvalue weighted by Crippen LogP contribution is -2.39. The van der Waals surface area contributed by atoms with E-state index < -0.39 is 6.10 Å². The summed E-state index contributed by atoms with van der Waals surface area (Å²) in [5.74, 6) is -0.492. The van der Waals surface area contributed by atoms with Gasteiger partial charge in [-0.05, 0) is 30.7 Å². The van der Waals surface area contributed by atoms with Gasteiger partial charge in [-0.1, -0.05) is 0 Å². The van der Waals surface area contributed by atoms with Crippen LogP contribution < -0.4 is 11.1 Å². The minimum Gasteiger partial charge on any atom is -0.399 e. The standard InChI is InChI=1S/C13H17N3O3/c14-10-3-1-9(2-4-10)13(19)15-7-12(18)16-6-5-11(17)8-16/h1-4,11,17H,5-8,14H2,(H,15,19). The molecule has 0 spiro atoms. The van der Waals surface area contributed by atoms with Crippen molar-refractivity contribution in [2.24, 2.45) is 0 Å². The molecule has 2 rings (SSSR count). The highest BCUT2D eigenvalue weighted by Crippen LogP contribution is 2.08. The van der Waals surface area contributed by atoms with Crippen LogP contribution in [0.25, 0.3) is 0 Å². The molecule has 1 aromatic carbocycles. The van der Waals surface area contributed by atoms with Gasteiger partial charge in [0.15, 0.2) is 0 Å². The molecule has 0 saturated carbocycles. The number of nitrogen functional groups attached to an aromatic ring is 1. The quantitative estimate of drug-likeness (QED) is 0.646. The average Bonchev–Trinajstić information content (AvgIpc) is 2.83. The maximum Gasteiger partial charge on any atom is 0.251 e. The third-order valence-corrected chi connectivity index (χ3v) is 3.09. The molecule has 1 atom stereocenters. The maximum absolute atomic E-state index is 11.8. The molecule has 1 heterocycles. The summed E-state index contributed by atoms with van der Waals surface area (Å²) in [6, 6.07) is 6.48. The molecule has 4 N–H and O–H groups in total. The molecular weight excluding hydrogens is 246 g/mol. The van der Waals surface area contributed by atoms with E-state index in [0.29, 0.717) is 30.8 Å². The zero-order valence-corrected chi connectivity index (χ0v) is 10.5. The van der Waals surface area contributed by atoms with E-state index in [1.807, 2.05) is 0 Å². The lowest BCUT2D eigenvalue weighted by molar-refractivity contribution is -0.129. The van der Waals surface area contributed by atoms with Crippen LogP contribution in [0.15, 0.2) is 24.3 Å². The van der Waals surface area contributed by atoms with E-state index in [4.69, 9.17) is 5.73 Å². The lowest BCUT2D eigenvalue weighted by atomic mass is 10.2. The summed E-state index contributed by atoms with van der Waals surface area (Å²) in [5.41, 5.74) is 6.57. The topological polar surface area (TPSA) is 95.7 Å². The first-order valence-electron chi connectivity index (χ1n) is 6.16. The number of carbonyl (C=O) groups excluding carboxylic acids is 2. The van der Waals surface area contributed by atoms with E-state index in [9.17, 15) is 14.7 Å². The normalized spacial score (nSPS) is 18.4. The van der Waals surface area contributed by atoms with Crippen LogP contribution in [0.2, 0.25) is 0 Å². The minimum absolute atomic E-state index is 0.0596. The predicted molar refractivity (Wildman–Crippen MR) is 70.4 cm³/mol. The molecule has 1 aliphatic heterocycles. The molecule has 0 aromatic heterocycles. The van der Waals surface area contributed by atoms with E-state index in [-0.39, 0.29) is 18.4 Å². The van der Waals surface area contributed by atoms with Gasteiger partial charge in [0.1, 0.15) is 0 Å². The molecule has 2 amide bonds. The van der Waals surface area contributed by atoms with Crippen LogP contribution in [0, 0.1) is 0 Å². The highest BCUT2D eigenvalue weighted by molar-refractivity contribution is 5.96. The van der Waals surface area contributed by atoms with Crippen molar-refractivity contribution >= 4 is 17.5 Å². The van der Waals surface area contributed by atoms with E-state index >= 15 is 0 Å². The lowest BCUT2D eigenvalue weighted by Gasteiger charge is -2.15. The third kappa shape index (κ3) is 3.45. The van der Waals surface area contributed by atoms with Crippen molar-refractivity contribution in [1.82, 2.24) is 10.2 Å². The highest BCUT2D eigenvalue weighted by Gasteiger charge is 2.24. The molecule has 6 nitrogen and oxygen atoms in total. The predicted octanol–water partition coefficient (Wildman–Crippen LogP) is -0.408. The molecule has 0 bridgehead atoms.